The van der Waals surface area contributed by atoms with Crippen LogP contribution in [0.1, 0.15) is 24.4 Å². The van der Waals surface area contributed by atoms with Crippen LogP contribution in [-0.2, 0) is 19.9 Å². The molecule has 1 atom stereocenters. The maximum absolute atomic E-state index is 5.58. The zero-order valence-electron chi connectivity index (χ0n) is 10.7. The van der Waals surface area contributed by atoms with Crippen LogP contribution in [0.4, 0.5) is 0 Å². The maximum Gasteiger partial charge on any atom is 0.108 e. The van der Waals surface area contributed by atoms with E-state index in [0.717, 1.165) is 37.3 Å². The second kappa shape index (κ2) is 6.37. The van der Waals surface area contributed by atoms with Crippen molar-refractivity contribution in [3.63, 3.8) is 0 Å². The molecule has 2 heterocycles. The summed E-state index contributed by atoms with van der Waals surface area (Å²) in [5.74, 6) is 7.68. The SMILES string of the molecule is Cn1ccnc1CCC(CCc1ccco1)NN. The van der Waals surface area contributed by atoms with Gasteiger partial charge in [-0.3, -0.25) is 11.3 Å². The minimum atomic E-state index is 0.284. The Morgan fingerprint density at radius 1 is 1.44 bits per heavy atom. The molecule has 0 saturated carbocycles. The van der Waals surface area contributed by atoms with Crippen LogP contribution in [0.15, 0.2) is 35.2 Å². The summed E-state index contributed by atoms with van der Waals surface area (Å²) in [4.78, 5) is 4.31. The molecule has 2 aromatic heterocycles. The topological polar surface area (TPSA) is 69.0 Å². The van der Waals surface area contributed by atoms with Gasteiger partial charge in [-0.25, -0.2) is 4.98 Å². The van der Waals surface area contributed by atoms with Crippen molar-refractivity contribution in [1.29, 1.82) is 0 Å². The van der Waals surface area contributed by atoms with Gasteiger partial charge in [0.15, 0.2) is 0 Å². The lowest BCUT2D eigenvalue weighted by Crippen LogP contribution is -2.36. The number of hydrogen-bond donors (Lipinski definition) is 2. The van der Waals surface area contributed by atoms with Crippen molar-refractivity contribution >= 4 is 0 Å². The van der Waals surface area contributed by atoms with E-state index >= 15 is 0 Å². The summed E-state index contributed by atoms with van der Waals surface area (Å²) >= 11 is 0. The Bertz CT molecular complexity index is 449. The highest BCUT2D eigenvalue weighted by molar-refractivity contribution is 4.99. The molecule has 0 amide bonds. The molecule has 5 heteroatoms. The summed E-state index contributed by atoms with van der Waals surface area (Å²) in [6.07, 6.45) is 9.26. The number of hydrazine groups is 1. The first-order valence-electron chi connectivity index (χ1n) is 6.24. The fraction of sp³-hybridized carbons (Fsp3) is 0.462. The van der Waals surface area contributed by atoms with Crippen molar-refractivity contribution in [3.8, 4) is 0 Å². The number of nitrogens with zero attached hydrogens (tertiary/aromatic N) is 2. The van der Waals surface area contributed by atoms with E-state index in [4.69, 9.17) is 10.3 Å². The minimum absolute atomic E-state index is 0.284. The highest BCUT2D eigenvalue weighted by Crippen LogP contribution is 2.10. The molecule has 0 spiro atoms. The summed E-state index contributed by atoms with van der Waals surface area (Å²) in [6, 6.07) is 4.19. The van der Waals surface area contributed by atoms with Gasteiger partial charge in [0, 0.05) is 38.3 Å². The smallest absolute Gasteiger partial charge is 0.108 e. The molecule has 5 nitrogen and oxygen atoms in total. The van der Waals surface area contributed by atoms with Gasteiger partial charge in [-0.1, -0.05) is 0 Å². The van der Waals surface area contributed by atoms with Crippen LogP contribution in [0.2, 0.25) is 0 Å². The van der Waals surface area contributed by atoms with Gasteiger partial charge in [0.2, 0.25) is 0 Å². The van der Waals surface area contributed by atoms with Crippen LogP contribution in [0.5, 0.6) is 0 Å². The molecule has 3 N–H and O–H groups in total. The quantitative estimate of drug-likeness (QED) is 0.574. The summed E-state index contributed by atoms with van der Waals surface area (Å²) in [7, 11) is 2.01. The average molecular weight is 248 g/mol. The van der Waals surface area contributed by atoms with E-state index in [0.29, 0.717) is 0 Å². The van der Waals surface area contributed by atoms with Crippen molar-refractivity contribution in [1.82, 2.24) is 15.0 Å². The van der Waals surface area contributed by atoms with Gasteiger partial charge in [-0.05, 0) is 25.0 Å². The van der Waals surface area contributed by atoms with Crippen LogP contribution in [0.25, 0.3) is 0 Å². The number of nitrogens with one attached hydrogen (secondary N) is 1. The second-order valence-corrected chi connectivity index (χ2v) is 4.47. The number of aromatic nitrogens is 2. The molecule has 0 saturated heterocycles. The molecule has 0 aliphatic carbocycles. The van der Waals surface area contributed by atoms with E-state index in [1.807, 2.05) is 36.1 Å². The summed E-state index contributed by atoms with van der Waals surface area (Å²) < 4.78 is 7.35. The molecule has 2 aromatic rings. The van der Waals surface area contributed by atoms with Crippen molar-refractivity contribution in [3.05, 3.63) is 42.4 Å². The van der Waals surface area contributed by atoms with Gasteiger partial charge >= 0.3 is 0 Å². The van der Waals surface area contributed by atoms with E-state index in [1.54, 1.807) is 6.26 Å². The number of imidazole rings is 1. The minimum Gasteiger partial charge on any atom is -0.469 e. The van der Waals surface area contributed by atoms with E-state index < -0.39 is 0 Å². The lowest BCUT2D eigenvalue weighted by molar-refractivity contribution is 0.428. The third-order valence-corrected chi connectivity index (χ3v) is 3.19. The molecule has 0 aromatic carbocycles. The number of rotatable bonds is 7. The van der Waals surface area contributed by atoms with Crippen LogP contribution in [0.3, 0.4) is 0 Å². The third kappa shape index (κ3) is 3.45. The monoisotopic (exact) mass is 248 g/mol. The normalized spacial score (nSPS) is 12.8. The molecule has 0 fully saturated rings. The molecule has 98 valence electrons. The highest BCUT2D eigenvalue weighted by atomic mass is 16.3. The fourth-order valence-corrected chi connectivity index (χ4v) is 2.02. The zero-order valence-corrected chi connectivity index (χ0v) is 10.7. The Kier molecular flexibility index (Phi) is 4.55. The zero-order chi connectivity index (χ0) is 12.8. The van der Waals surface area contributed by atoms with Gasteiger partial charge in [-0.15, -0.1) is 0 Å². The molecule has 2 rings (SSSR count). The van der Waals surface area contributed by atoms with Crippen molar-refractivity contribution in [2.75, 3.05) is 0 Å². The number of hydrogen-bond acceptors (Lipinski definition) is 4. The Balaban J connectivity index is 1.77. The second-order valence-electron chi connectivity index (χ2n) is 4.47. The third-order valence-electron chi connectivity index (χ3n) is 3.19. The Hall–Kier alpha value is -1.59. The fourth-order valence-electron chi connectivity index (χ4n) is 2.02. The largest absolute Gasteiger partial charge is 0.469 e. The molecular formula is C13H20N4O. The molecule has 0 radical (unpaired) electrons. The lowest BCUT2D eigenvalue weighted by Gasteiger charge is -2.14. The first-order valence-corrected chi connectivity index (χ1v) is 6.24. The summed E-state index contributed by atoms with van der Waals surface area (Å²) in [5.41, 5.74) is 2.87. The lowest BCUT2D eigenvalue weighted by atomic mass is 10.1. The average Bonchev–Trinajstić information content (AvgIpc) is 3.01. The van der Waals surface area contributed by atoms with Crippen molar-refractivity contribution < 1.29 is 4.42 Å². The first kappa shape index (κ1) is 12.9. The van der Waals surface area contributed by atoms with E-state index in [2.05, 4.69) is 10.4 Å². The predicted molar refractivity (Wildman–Crippen MR) is 69.7 cm³/mol. The van der Waals surface area contributed by atoms with Crippen LogP contribution in [0, 0.1) is 0 Å². The van der Waals surface area contributed by atoms with E-state index in [-0.39, 0.29) is 6.04 Å². The predicted octanol–water partition coefficient (Wildman–Crippen LogP) is 1.41. The molecule has 1 unspecified atom stereocenters. The van der Waals surface area contributed by atoms with Crippen LogP contribution >= 0.6 is 0 Å². The van der Waals surface area contributed by atoms with Gasteiger partial charge in [0.1, 0.15) is 11.6 Å². The first-order chi connectivity index (χ1) is 8.79. The number of furan rings is 1. The van der Waals surface area contributed by atoms with Crippen LogP contribution in [-0.4, -0.2) is 15.6 Å². The molecular weight excluding hydrogens is 228 g/mol. The standard InChI is InChI=1S/C13H20N4O/c1-17-9-8-15-13(17)7-5-11(16-14)4-6-12-3-2-10-18-12/h2-3,8-11,16H,4-7,14H2,1H3. The molecule has 18 heavy (non-hydrogen) atoms. The number of aryl methyl sites for hydroxylation is 3. The van der Waals surface area contributed by atoms with E-state index in [9.17, 15) is 0 Å². The van der Waals surface area contributed by atoms with Gasteiger partial charge in [0.05, 0.1) is 6.26 Å². The Morgan fingerprint density at radius 2 is 2.28 bits per heavy atom. The Labute approximate surface area is 107 Å². The summed E-state index contributed by atoms with van der Waals surface area (Å²) in [6.45, 7) is 0. The summed E-state index contributed by atoms with van der Waals surface area (Å²) in [5, 5.41) is 0. The van der Waals surface area contributed by atoms with Gasteiger partial charge < -0.3 is 8.98 Å². The molecule has 0 aliphatic heterocycles. The van der Waals surface area contributed by atoms with Crippen molar-refractivity contribution in [2.24, 2.45) is 12.9 Å². The van der Waals surface area contributed by atoms with Crippen molar-refractivity contribution in [2.45, 2.75) is 31.7 Å². The molecule has 0 aliphatic rings. The highest BCUT2D eigenvalue weighted by Gasteiger charge is 2.09. The van der Waals surface area contributed by atoms with E-state index in [1.165, 1.54) is 0 Å². The van der Waals surface area contributed by atoms with Crippen LogP contribution < -0.4 is 11.3 Å². The van der Waals surface area contributed by atoms with Gasteiger partial charge in [-0.2, -0.15) is 0 Å². The number of nitrogens with two attached hydrogens (primary N) is 1. The maximum atomic E-state index is 5.58. The Morgan fingerprint density at radius 3 is 2.89 bits per heavy atom. The molecule has 0 bridgehead atoms. The van der Waals surface area contributed by atoms with Gasteiger partial charge in [0.25, 0.3) is 0 Å².